The fourth-order valence-electron chi connectivity index (χ4n) is 18.0. The van der Waals surface area contributed by atoms with Gasteiger partial charge >= 0.3 is 0 Å². The van der Waals surface area contributed by atoms with Crippen LogP contribution in [0.4, 0.5) is 34.1 Å². The molecule has 0 unspecified atom stereocenters. The van der Waals surface area contributed by atoms with E-state index in [0.29, 0.717) is 0 Å². The molecule has 112 heavy (non-hydrogen) atoms. The van der Waals surface area contributed by atoms with Gasteiger partial charge in [0.2, 0.25) is 0 Å². The van der Waals surface area contributed by atoms with Gasteiger partial charge in [0.25, 0.3) is 6.71 Å². The summed E-state index contributed by atoms with van der Waals surface area (Å²) in [4.78, 5) is 5.43. The first-order chi connectivity index (χ1) is 54.1. The number of para-hydroxylation sites is 2. The van der Waals surface area contributed by atoms with Gasteiger partial charge in [-0.2, -0.15) is 0 Å². The molecule has 0 amide bonds. The molecule has 0 bridgehead atoms. The van der Waals surface area contributed by atoms with Crippen LogP contribution in [0.25, 0.3) is 138 Å². The average molecular weight is 1450 g/mol. The number of hydrogen-bond donors (Lipinski definition) is 0. The predicted molar refractivity (Wildman–Crippen MR) is 477 cm³/mol. The third-order valence-corrected chi connectivity index (χ3v) is 24.0. The minimum atomic E-state index is -0.300. The van der Waals surface area contributed by atoms with Gasteiger partial charge in [0, 0.05) is 83.0 Å². The van der Waals surface area contributed by atoms with E-state index in [0.717, 1.165) is 150 Å². The van der Waals surface area contributed by atoms with E-state index in [1.807, 2.05) is 0 Å². The summed E-state index contributed by atoms with van der Waals surface area (Å²) in [6, 6.07) is 120. The number of benzene rings is 15. The molecule has 18 aromatic rings. The molecule has 0 radical (unpaired) electrons. The van der Waals surface area contributed by atoms with Crippen LogP contribution in [-0.4, -0.2) is 11.3 Å². The van der Waals surface area contributed by atoms with Crippen molar-refractivity contribution in [3.05, 3.63) is 338 Å². The van der Waals surface area contributed by atoms with Crippen LogP contribution in [0.15, 0.2) is 324 Å². The van der Waals surface area contributed by atoms with Crippen molar-refractivity contribution in [2.75, 3.05) is 9.80 Å². The van der Waals surface area contributed by atoms with E-state index in [1.54, 1.807) is 0 Å². The lowest BCUT2D eigenvalue weighted by Crippen LogP contribution is -2.61. The van der Waals surface area contributed by atoms with Crippen molar-refractivity contribution in [2.24, 2.45) is 0 Å². The number of aromatic nitrogens is 1. The smallest absolute Gasteiger partial charge is 0.252 e. The summed E-state index contributed by atoms with van der Waals surface area (Å²) in [6.45, 7) is 27.8. The Hall–Kier alpha value is -12.6. The van der Waals surface area contributed by atoms with Gasteiger partial charge in [0.1, 0.15) is 22.3 Å². The van der Waals surface area contributed by atoms with Gasteiger partial charge in [-0.25, -0.2) is 0 Å². The second-order valence-electron chi connectivity index (χ2n) is 35.3. The maximum atomic E-state index is 6.72. The van der Waals surface area contributed by atoms with Crippen molar-refractivity contribution in [2.45, 2.75) is 105 Å². The van der Waals surface area contributed by atoms with Crippen LogP contribution < -0.4 is 26.2 Å². The first kappa shape index (κ1) is 68.6. The topological polar surface area (TPSA) is 37.7 Å². The minimum absolute atomic E-state index is 0.0772. The van der Waals surface area contributed by atoms with Gasteiger partial charge in [-0.05, 0) is 220 Å². The van der Waals surface area contributed by atoms with Crippen LogP contribution in [0.5, 0.6) is 0 Å². The first-order valence-corrected chi connectivity index (χ1v) is 39.6. The van der Waals surface area contributed by atoms with Gasteiger partial charge < -0.3 is 23.2 Å². The normalized spacial score (nSPS) is 13.1. The molecule has 542 valence electrons. The molecular weight excluding hydrogens is 1360 g/mol. The zero-order chi connectivity index (χ0) is 76.4. The van der Waals surface area contributed by atoms with Crippen LogP contribution in [-0.2, 0) is 21.7 Å². The zero-order valence-corrected chi connectivity index (χ0v) is 65.8. The number of furan rings is 2. The fourth-order valence-corrected chi connectivity index (χ4v) is 18.0. The molecule has 5 heterocycles. The molecule has 0 atom stereocenters. The van der Waals surface area contributed by atoms with Gasteiger partial charge in [0.15, 0.2) is 0 Å². The Morgan fingerprint density at radius 3 is 0.991 bits per heavy atom. The molecule has 20 rings (SSSR count). The first-order valence-electron chi connectivity index (χ1n) is 39.6. The highest BCUT2D eigenvalue weighted by atomic mass is 16.3. The highest BCUT2D eigenvalue weighted by molar-refractivity contribution is 7.00. The van der Waals surface area contributed by atoms with E-state index >= 15 is 0 Å². The molecule has 0 saturated carbocycles. The monoisotopic (exact) mass is 1450 g/mol. The highest BCUT2D eigenvalue weighted by Gasteiger charge is 2.46. The Balaban J connectivity index is 0.979. The Kier molecular flexibility index (Phi) is 15.6. The van der Waals surface area contributed by atoms with Crippen molar-refractivity contribution >= 4 is 123 Å². The number of fused-ring (bicyclic) bond motifs is 13. The van der Waals surface area contributed by atoms with E-state index < -0.39 is 0 Å². The quantitative estimate of drug-likeness (QED) is 0.135. The molecular formula is C106H88BN3O2. The Labute approximate surface area is 656 Å². The molecule has 0 saturated heterocycles. The number of anilines is 6. The van der Waals surface area contributed by atoms with Crippen molar-refractivity contribution in [3.8, 4) is 72.4 Å². The van der Waals surface area contributed by atoms with Crippen LogP contribution in [0.2, 0.25) is 0 Å². The molecule has 2 aliphatic rings. The second kappa shape index (κ2) is 25.5. The van der Waals surface area contributed by atoms with Crippen LogP contribution in [0.1, 0.15) is 105 Å². The molecule has 15 aromatic carbocycles. The number of hydrogen-bond acceptors (Lipinski definition) is 4. The molecule has 0 N–H and O–H groups in total. The molecule has 0 aliphatic carbocycles. The van der Waals surface area contributed by atoms with Crippen LogP contribution >= 0.6 is 0 Å². The maximum Gasteiger partial charge on any atom is 0.252 e. The summed E-state index contributed by atoms with van der Waals surface area (Å²) in [5.74, 6) is 0. The molecule has 6 heteroatoms. The lowest BCUT2D eigenvalue weighted by Gasteiger charge is -2.46. The molecule has 5 nitrogen and oxygen atoms in total. The summed E-state index contributed by atoms with van der Waals surface area (Å²) < 4.78 is 15.9. The lowest BCUT2D eigenvalue weighted by atomic mass is 9.33. The average Bonchev–Trinajstić information content (AvgIpc) is 0.707. The number of nitrogens with zero attached hydrogens (tertiary/aromatic N) is 3. The maximum absolute atomic E-state index is 6.72. The summed E-state index contributed by atoms with van der Waals surface area (Å²) in [6.07, 6.45) is 0. The van der Waals surface area contributed by atoms with Crippen LogP contribution in [0.3, 0.4) is 0 Å². The van der Waals surface area contributed by atoms with E-state index in [-0.39, 0.29) is 28.4 Å². The third-order valence-electron chi connectivity index (χ3n) is 24.0. The van der Waals surface area contributed by atoms with E-state index in [9.17, 15) is 0 Å². The van der Waals surface area contributed by atoms with E-state index in [4.69, 9.17) is 8.83 Å². The Bertz CT molecular complexity index is 6660. The fraction of sp³-hybridized carbons (Fsp3) is 0.151. The summed E-state index contributed by atoms with van der Waals surface area (Å²) in [7, 11) is 0. The Morgan fingerprint density at radius 2 is 0.580 bits per heavy atom. The van der Waals surface area contributed by atoms with Gasteiger partial charge in [-0.1, -0.05) is 283 Å². The summed E-state index contributed by atoms with van der Waals surface area (Å²) >= 11 is 0. The minimum Gasteiger partial charge on any atom is -0.456 e. The lowest BCUT2D eigenvalue weighted by molar-refractivity contribution is 0.590. The standard InChI is InChI=1S/C106H88BN3O2/c1-103(2,3)73-44-49-90-84(58-73)85-59-74(104(4,5)6)45-50-91(85)108(90)77-46-48-89-93(64-77)110(102-82(67-33-21-15-22-34-67)62-76(106(10,11)12)63-83(102)68-35-23-16-24-36-68)95-57-72(70-43-52-99-87(54-70)79-38-26-28-40-97(79)112-99)56-94-100(95)107(89)88-47-41-71(69-42-51-98-86(53-69)78-37-25-27-39-96(78)111-98)55-92(88)109(94)101-80(65-29-17-13-18-30-65)60-75(105(7,8)9)61-81(101)66-31-19-14-20-32-66/h13-64H,1-12H3. The zero-order valence-electron chi connectivity index (χ0n) is 65.8. The van der Waals surface area contributed by atoms with Crippen molar-refractivity contribution in [1.82, 2.24) is 4.57 Å². The molecule has 0 fully saturated rings. The van der Waals surface area contributed by atoms with Gasteiger partial charge in [-0.15, -0.1) is 0 Å². The highest BCUT2D eigenvalue weighted by Crippen LogP contribution is 2.56. The summed E-state index contributed by atoms with van der Waals surface area (Å²) in [5, 5.41) is 6.83. The van der Waals surface area contributed by atoms with Crippen molar-refractivity contribution in [3.63, 3.8) is 0 Å². The van der Waals surface area contributed by atoms with Crippen molar-refractivity contribution in [1.29, 1.82) is 0 Å². The molecule has 3 aromatic heterocycles. The van der Waals surface area contributed by atoms with Gasteiger partial charge in [-0.3, -0.25) is 0 Å². The summed E-state index contributed by atoms with van der Waals surface area (Å²) in [5.41, 5.74) is 35.0. The second-order valence-corrected chi connectivity index (χ2v) is 35.3. The SMILES string of the molecule is CC(C)(C)c1cc(-c2ccccc2)c(N2c3cc(-c4ccc5oc6ccccc6c5c4)ccc3B3c4ccc(-n5c6ccc(C(C)(C)C)cc6c6cc(C(C)(C)C)ccc65)cc4N(c4c(-c5ccccc5)cc(C(C)(C)C)cc4-c4ccccc4)c4cc(-c5ccc6oc7ccccc7c6c5)cc2c43)c(-c2ccccc2)c1. The molecule has 2 aliphatic heterocycles. The van der Waals surface area contributed by atoms with E-state index in [2.05, 4.69) is 413 Å². The third kappa shape index (κ3) is 11.3. The Morgan fingerprint density at radius 1 is 0.241 bits per heavy atom. The van der Waals surface area contributed by atoms with Gasteiger partial charge in [0.05, 0.1) is 22.4 Å². The molecule has 0 spiro atoms. The largest absolute Gasteiger partial charge is 0.456 e. The van der Waals surface area contributed by atoms with Crippen LogP contribution in [0, 0.1) is 0 Å². The van der Waals surface area contributed by atoms with Crippen molar-refractivity contribution < 1.29 is 8.83 Å². The van der Waals surface area contributed by atoms with E-state index in [1.165, 1.54) is 60.4 Å². The number of rotatable bonds is 9. The predicted octanol–water partition coefficient (Wildman–Crippen LogP) is 27.9.